The minimum atomic E-state index is -0.221. The minimum absolute atomic E-state index is 0.0854. The number of aromatic nitrogens is 1. The van der Waals surface area contributed by atoms with E-state index in [1.165, 1.54) is 0 Å². The van der Waals surface area contributed by atoms with Gasteiger partial charge in [-0.3, -0.25) is 4.79 Å². The Bertz CT molecular complexity index is 632. The first-order valence-corrected chi connectivity index (χ1v) is 7.64. The molecule has 0 aliphatic rings. The van der Waals surface area contributed by atoms with Crippen molar-refractivity contribution in [2.45, 2.75) is 19.4 Å². The van der Waals surface area contributed by atoms with Crippen molar-refractivity contribution >= 4 is 29.1 Å². The van der Waals surface area contributed by atoms with Crippen LogP contribution in [0.2, 0.25) is 10.2 Å². The molecule has 0 radical (unpaired) electrons. The molecule has 1 amide bonds. The summed E-state index contributed by atoms with van der Waals surface area (Å²) in [4.78, 5) is 15.9. The van der Waals surface area contributed by atoms with Gasteiger partial charge in [0.15, 0.2) is 17.5 Å². The molecule has 2 aromatic rings. The highest BCUT2D eigenvalue weighted by molar-refractivity contribution is 6.31. The fraction of sp³-hybridized carbons (Fsp3) is 0.250. The molecular weight excluding hydrogens is 323 g/mol. The van der Waals surface area contributed by atoms with Crippen LogP contribution in [-0.4, -0.2) is 17.5 Å². The molecule has 0 aliphatic carbocycles. The van der Waals surface area contributed by atoms with Crippen molar-refractivity contribution in [3.05, 3.63) is 58.3 Å². The number of halogens is 2. The second-order valence-corrected chi connectivity index (χ2v) is 5.46. The number of benzene rings is 1. The fourth-order valence-corrected chi connectivity index (χ4v) is 2.27. The summed E-state index contributed by atoms with van der Waals surface area (Å²) in [6, 6.07) is 10.7. The maximum absolute atomic E-state index is 12.0. The molecule has 116 valence electrons. The van der Waals surface area contributed by atoms with Crippen molar-refractivity contribution in [1.29, 1.82) is 0 Å². The molecular formula is C16H16Cl2N2O2. The first kappa shape index (κ1) is 16.6. The Morgan fingerprint density at radius 1 is 1.27 bits per heavy atom. The quantitative estimate of drug-likeness (QED) is 0.809. The lowest BCUT2D eigenvalue weighted by Gasteiger charge is -2.18. The molecule has 4 nitrogen and oxygen atoms in total. The smallest absolute Gasteiger partial charge is 0.258 e. The monoisotopic (exact) mass is 338 g/mol. The highest BCUT2D eigenvalue weighted by Crippen LogP contribution is 2.21. The van der Waals surface area contributed by atoms with Crippen LogP contribution < -0.4 is 10.1 Å². The zero-order valence-corrected chi connectivity index (χ0v) is 13.6. The number of carbonyl (C=O) groups excluding carboxylic acids is 1. The van der Waals surface area contributed by atoms with E-state index in [0.29, 0.717) is 10.8 Å². The number of amides is 1. The number of pyridine rings is 1. The average Bonchev–Trinajstić information content (AvgIpc) is 2.53. The van der Waals surface area contributed by atoms with E-state index in [2.05, 4.69) is 10.3 Å². The zero-order valence-electron chi connectivity index (χ0n) is 12.1. The molecule has 1 atom stereocenters. The summed E-state index contributed by atoms with van der Waals surface area (Å²) >= 11 is 11.7. The molecule has 0 saturated carbocycles. The Morgan fingerprint density at radius 3 is 2.64 bits per heavy atom. The standard InChI is InChI=1S/C16H16Cl2N2O2/c1-2-13(11-5-7-12(17)8-6-11)20-15(21)10-22-14-4-3-9-19-16(14)18/h3-9,13H,2,10H2,1H3,(H,20,21). The van der Waals surface area contributed by atoms with Gasteiger partial charge in [-0.2, -0.15) is 0 Å². The van der Waals surface area contributed by atoms with Crippen LogP contribution in [0.3, 0.4) is 0 Å². The predicted molar refractivity (Wildman–Crippen MR) is 87.4 cm³/mol. The third-order valence-electron chi connectivity index (χ3n) is 3.10. The molecule has 1 N–H and O–H groups in total. The van der Waals surface area contributed by atoms with Crippen LogP contribution in [0.25, 0.3) is 0 Å². The Balaban J connectivity index is 1.92. The summed E-state index contributed by atoms with van der Waals surface area (Å²) in [5, 5.41) is 3.82. The summed E-state index contributed by atoms with van der Waals surface area (Å²) in [5.41, 5.74) is 1.000. The van der Waals surface area contributed by atoms with Gasteiger partial charge in [0, 0.05) is 11.2 Å². The van der Waals surface area contributed by atoms with Crippen molar-refractivity contribution in [3.8, 4) is 5.75 Å². The maximum Gasteiger partial charge on any atom is 0.258 e. The molecule has 22 heavy (non-hydrogen) atoms. The lowest BCUT2D eigenvalue weighted by atomic mass is 10.0. The van der Waals surface area contributed by atoms with E-state index in [9.17, 15) is 4.79 Å². The van der Waals surface area contributed by atoms with Gasteiger partial charge in [0.25, 0.3) is 5.91 Å². The van der Waals surface area contributed by atoms with E-state index in [1.807, 2.05) is 19.1 Å². The first-order chi connectivity index (χ1) is 10.6. The molecule has 1 heterocycles. The number of hydrogen-bond donors (Lipinski definition) is 1. The molecule has 1 unspecified atom stereocenters. The molecule has 1 aromatic heterocycles. The van der Waals surface area contributed by atoms with Crippen LogP contribution in [0.4, 0.5) is 0 Å². The second kappa shape index (κ2) is 8.01. The summed E-state index contributed by atoms with van der Waals surface area (Å²) in [5.74, 6) is 0.167. The van der Waals surface area contributed by atoms with Crippen LogP contribution in [0, 0.1) is 0 Å². The van der Waals surface area contributed by atoms with E-state index in [4.69, 9.17) is 27.9 Å². The summed E-state index contributed by atoms with van der Waals surface area (Å²) in [7, 11) is 0. The van der Waals surface area contributed by atoms with Gasteiger partial charge in [-0.05, 0) is 36.2 Å². The molecule has 2 rings (SSSR count). The van der Waals surface area contributed by atoms with Gasteiger partial charge in [0.2, 0.25) is 0 Å². The number of rotatable bonds is 6. The summed E-state index contributed by atoms with van der Waals surface area (Å²) < 4.78 is 5.37. The van der Waals surface area contributed by atoms with Gasteiger partial charge in [0.1, 0.15) is 0 Å². The molecule has 0 saturated heterocycles. The van der Waals surface area contributed by atoms with Crippen LogP contribution in [0.15, 0.2) is 42.6 Å². The Labute approximate surface area is 139 Å². The molecule has 1 aromatic carbocycles. The van der Waals surface area contributed by atoms with Gasteiger partial charge >= 0.3 is 0 Å². The van der Waals surface area contributed by atoms with Crippen molar-refractivity contribution < 1.29 is 9.53 Å². The van der Waals surface area contributed by atoms with Gasteiger partial charge < -0.3 is 10.1 Å². The normalized spacial score (nSPS) is 11.8. The number of nitrogens with one attached hydrogen (secondary N) is 1. The lowest BCUT2D eigenvalue weighted by Crippen LogP contribution is -2.32. The minimum Gasteiger partial charge on any atom is -0.481 e. The van der Waals surface area contributed by atoms with E-state index >= 15 is 0 Å². The van der Waals surface area contributed by atoms with E-state index in [0.717, 1.165) is 12.0 Å². The topological polar surface area (TPSA) is 51.2 Å². The molecule has 0 bridgehead atoms. The predicted octanol–water partition coefficient (Wildman–Crippen LogP) is 4.03. The van der Waals surface area contributed by atoms with E-state index < -0.39 is 0 Å². The van der Waals surface area contributed by atoms with Crippen LogP contribution >= 0.6 is 23.2 Å². The third-order valence-corrected chi connectivity index (χ3v) is 3.64. The average molecular weight is 339 g/mol. The van der Waals surface area contributed by atoms with Gasteiger partial charge in [-0.1, -0.05) is 42.3 Å². The number of carbonyl (C=O) groups is 1. The Hall–Kier alpha value is -1.78. The first-order valence-electron chi connectivity index (χ1n) is 6.88. The second-order valence-electron chi connectivity index (χ2n) is 4.66. The van der Waals surface area contributed by atoms with Crippen molar-refractivity contribution in [2.75, 3.05) is 6.61 Å². The fourth-order valence-electron chi connectivity index (χ4n) is 1.97. The summed E-state index contributed by atoms with van der Waals surface area (Å²) in [6.45, 7) is 1.88. The SMILES string of the molecule is CCC(NC(=O)COc1cccnc1Cl)c1ccc(Cl)cc1. The third kappa shape index (κ3) is 4.61. The Morgan fingerprint density at radius 2 is 2.00 bits per heavy atom. The molecule has 0 aliphatic heterocycles. The highest BCUT2D eigenvalue weighted by atomic mass is 35.5. The highest BCUT2D eigenvalue weighted by Gasteiger charge is 2.13. The van der Waals surface area contributed by atoms with Crippen molar-refractivity contribution in [1.82, 2.24) is 10.3 Å². The van der Waals surface area contributed by atoms with Crippen LogP contribution in [0.1, 0.15) is 24.9 Å². The van der Waals surface area contributed by atoms with Crippen LogP contribution in [-0.2, 0) is 4.79 Å². The lowest BCUT2D eigenvalue weighted by molar-refractivity contribution is -0.123. The van der Waals surface area contributed by atoms with E-state index in [-0.39, 0.29) is 23.7 Å². The molecule has 6 heteroatoms. The summed E-state index contributed by atoms with van der Waals surface area (Å²) in [6.07, 6.45) is 2.32. The van der Waals surface area contributed by atoms with Crippen molar-refractivity contribution in [3.63, 3.8) is 0 Å². The Kier molecular flexibility index (Phi) is 6.04. The van der Waals surface area contributed by atoms with Crippen molar-refractivity contribution in [2.24, 2.45) is 0 Å². The van der Waals surface area contributed by atoms with Gasteiger partial charge in [-0.25, -0.2) is 4.98 Å². The van der Waals surface area contributed by atoms with Gasteiger partial charge in [-0.15, -0.1) is 0 Å². The largest absolute Gasteiger partial charge is 0.481 e. The van der Waals surface area contributed by atoms with E-state index in [1.54, 1.807) is 30.5 Å². The number of nitrogens with zero attached hydrogens (tertiary/aromatic N) is 1. The molecule has 0 fully saturated rings. The number of hydrogen-bond acceptors (Lipinski definition) is 3. The van der Waals surface area contributed by atoms with Crippen LogP contribution in [0.5, 0.6) is 5.75 Å². The number of ether oxygens (including phenoxy) is 1. The zero-order chi connectivity index (χ0) is 15.9. The maximum atomic E-state index is 12.0. The molecule has 0 spiro atoms. The van der Waals surface area contributed by atoms with Gasteiger partial charge in [0.05, 0.1) is 6.04 Å².